The van der Waals surface area contributed by atoms with E-state index in [4.69, 9.17) is 5.11 Å². The predicted molar refractivity (Wildman–Crippen MR) is 97.6 cm³/mol. The Balaban J connectivity index is 2.17. The number of nitrogens with zero attached hydrogens (tertiary/aromatic N) is 1. The van der Waals surface area contributed by atoms with E-state index in [1.807, 2.05) is 13.8 Å². The summed E-state index contributed by atoms with van der Waals surface area (Å²) in [5.74, 6) is -1.68. The van der Waals surface area contributed by atoms with Gasteiger partial charge in [-0.15, -0.1) is 0 Å². The Morgan fingerprint density at radius 2 is 1.93 bits per heavy atom. The van der Waals surface area contributed by atoms with Gasteiger partial charge < -0.3 is 20.2 Å². The van der Waals surface area contributed by atoms with Crippen molar-refractivity contribution >= 4 is 11.9 Å². The summed E-state index contributed by atoms with van der Waals surface area (Å²) in [6, 6.07) is 5.67. The number of benzene rings is 1. The van der Waals surface area contributed by atoms with Crippen LogP contribution in [0.4, 0.5) is 4.39 Å². The van der Waals surface area contributed by atoms with Crippen LogP contribution in [0.1, 0.15) is 44.6 Å². The molecule has 0 aromatic heterocycles. The lowest BCUT2D eigenvalue weighted by atomic mass is 9.90. The van der Waals surface area contributed by atoms with Crippen LogP contribution in [0.2, 0.25) is 0 Å². The summed E-state index contributed by atoms with van der Waals surface area (Å²) in [4.78, 5) is 24.8. The first-order valence-electron chi connectivity index (χ1n) is 9.02. The number of carbonyl (C=O) groups is 2. The highest BCUT2D eigenvalue weighted by atomic mass is 19.1. The van der Waals surface area contributed by atoms with Gasteiger partial charge in [0.1, 0.15) is 5.82 Å². The van der Waals surface area contributed by atoms with Gasteiger partial charge in [0.2, 0.25) is 5.91 Å². The summed E-state index contributed by atoms with van der Waals surface area (Å²) >= 11 is 0. The molecular formula is C20H26FNO5. The minimum Gasteiger partial charge on any atom is -0.481 e. The second kappa shape index (κ2) is 9.10. The maximum Gasteiger partial charge on any atom is 0.305 e. The number of likely N-dealkylation sites (tertiary alicyclic amines) is 1. The maximum atomic E-state index is 13.2. The first-order chi connectivity index (χ1) is 12.7. The molecule has 0 radical (unpaired) electrons. The lowest BCUT2D eigenvalue weighted by Crippen LogP contribution is -2.39. The molecule has 7 heteroatoms. The van der Waals surface area contributed by atoms with Gasteiger partial charge in [0.05, 0.1) is 24.7 Å². The average molecular weight is 379 g/mol. The molecule has 0 bridgehead atoms. The zero-order valence-electron chi connectivity index (χ0n) is 15.5. The van der Waals surface area contributed by atoms with Crippen LogP contribution < -0.4 is 0 Å². The lowest BCUT2D eigenvalue weighted by molar-refractivity contribution is -0.139. The third kappa shape index (κ3) is 5.61. The van der Waals surface area contributed by atoms with Gasteiger partial charge in [-0.25, -0.2) is 4.39 Å². The number of carboxylic acids is 1. The van der Waals surface area contributed by atoms with E-state index in [2.05, 4.69) is 0 Å². The van der Waals surface area contributed by atoms with Crippen LogP contribution in [0.25, 0.3) is 0 Å². The molecule has 27 heavy (non-hydrogen) atoms. The standard InChI is InChI=1S/C20H26FNO5/c1-12(2)22-18(8-7-15(23)9-16(24)10-20(26)27)17(11-19(22)25)13-3-5-14(21)6-4-13/h3-8,12,15-18,23-24H,9-11H2,1-2H3,(H,26,27)/b8-7+/t15-,16-,17+,18-/m1/s1. The molecule has 6 nitrogen and oxygen atoms in total. The number of aliphatic hydroxyl groups is 2. The van der Waals surface area contributed by atoms with Crippen LogP contribution in [0, 0.1) is 5.82 Å². The van der Waals surface area contributed by atoms with E-state index in [1.165, 1.54) is 18.2 Å². The second-order valence-corrected chi connectivity index (χ2v) is 7.19. The first kappa shape index (κ1) is 21.1. The predicted octanol–water partition coefficient (Wildman–Crippen LogP) is 2.06. The molecule has 1 aliphatic heterocycles. The molecule has 0 aliphatic carbocycles. The lowest BCUT2D eigenvalue weighted by Gasteiger charge is -2.29. The van der Waals surface area contributed by atoms with Crippen molar-refractivity contribution < 1.29 is 29.3 Å². The summed E-state index contributed by atoms with van der Waals surface area (Å²) in [7, 11) is 0. The van der Waals surface area contributed by atoms with Gasteiger partial charge in [-0.2, -0.15) is 0 Å². The molecule has 4 atom stereocenters. The Morgan fingerprint density at radius 1 is 1.30 bits per heavy atom. The van der Waals surface area contributed by atoms with Crippen molar-refractivity contribution in [2.45, 2.75) is 63.3 Å². The molecule has 148 valence electrons. The summed E-state index contributed by atoms with van der Waals surface area (Å²) in [6.07, 6.45) is 0.767. The molecule has 1 fully saturated rings. The molecule has 1 heterocycles. The Hall–Kier alpha value is -2.25. The molecule has 0 saturated carbocycles. The quantitative estimate of drug-likeness (QED) is 0.601. The highest BCUT2D eigenvalue weighted by Gasteiger charge is 2.40. The number of hydrogen-bond acceptors (Lipinski definition) is 4. The number of hydrogen-bond donors (Lipinski definition) is 3. The molecule has 3 N–H and O–H groups in total. The number of carboxylic acid groups (broad SMARTS) is 1. The van der Waals surface area contributed by atoms with Crippen molar-refractivity contribution in [2.75, 3.05) is 0 Å². The Labute approximate surface area is 157 Å². The molecule has 1 amide bonds. The average Bonchev–Trinajstić information content (AvgIpc) is 2.89. The number of halogens is 1. The Bertz CT molecular complexity index is 688. The van der Waals surface area contributed by atoms with Crippen LogP contribution in [0.15, 0.2) is 36.4 Å². The summed E-state index contributed by atoms with van der Waals surface area (Å²) in [6.45, 7) is 3.80. The van der Waals surface area contributed by atoms with E-state index >= 15 is 0 Å². The molecule has 1 aliphatic rings. The fourth-order valence-corrected chi connectivity index (χ4v) is 3.54. The van der Waals surface area contributed by atoms with E-state index in [-0.39, 0.29) is 42.6 Å². The Kier molecular flexibility index (Phi) is 7.10. The van der Waals surface area contributed by atoms with Crippen LogP contribution >= 0.6 is 0 Å². The minimum absolute atomic E-state index is 0.0191. The summed E-state index contributed by atoms with van der Waals surface area (Å²) < 4.78 is 13.2. The highest BCUT2D eigenvalue weighted by molar-refractivity contribution is 5.81. The summed E-state index contributed by atoms with van der Waals surface area (Å²) in [5, 5.41) is 28.4. The maximum absolute atomic E-state index is 13.2. The van der Waals surface area contributed by atoms with Crippen LogP contribution in [-0.4, -0.2) is 56.4 Å². The molecule has 0 spiro atoms. The van der Waals surface area contributed by atoms with E-state index < -0.39 is 24.6 Å². The fourth-order valence-electron chi connectivity index (χ4n) is 3.54. The van der Waals surface area contributed by atoms with Crippen molar-refractivity contribution in [1.29, 1.82) is 0 Å². The molecule has 0 unspecified atom stereocenters. The molecule has 1 aromatic rings. The number of aliphatic carboxylic acids is 1. The second-order valence-electron chi connectivity index (χ2n) is 7.19. The van der Waals surface area contributed by atoms with Gasteiger partial charge in [0.15, 0.2) is 0 Å². The fraction of sp³-hybridized carbons (Fsp3) is 0.500. The van der Waals surface area contributed by atoms with Crippen molar-refractivity contribution in [3.63, 3.8) is 0 Å². The third-order valence-electron chi connectivity index (χ3n) is 4.72. The molecule has 1 aromatic carbocycles. The van der Waals surface area contributed by atoms with Crippen LogP contribution in [-0.2, 0) is 9.59 Å². The van der Waals surface area contributed by atoms with Crippen LogP contribution in [0.3, 0.4) is 0 Å². The highest BCUT2D eigenvalue weighted by Crippen LogP contribution is 2.36. The van der Waals surface area contributed by atoms with Crippen LogP contribution in [0.5, 0.6) is 0 Å². The zero-order chi connectivity index (χ0) is 20.1. The van der Waals surface area contributed by atoms with Crippen molar-refractivity contribution in [3.8, 4) is 0 Å². The minimum atomic E-state index is -1.15. The van der Waals surface area contributed by atoms with Gasteiger partial charge in [0, 0.05) is 24.8 Å². The first-order valence-corrected chi connectivity index (χ1v) is 9.02. The summed E-state index contributed by atoms with van der Waals surface area (Å²) in [5.41, 5.74) is 0.836. The van der Waals surface area contributed by atoms with E-state index in [1.54, 1.807) is 23.1 Å². The zero-order valence-corrected chi connectivity index (χ0v) is 15.5. The molecular weight excluding hydrogens is 353 g/mol. The van der Waals surface area contributed by atoms with Gasteiger partial charge >= 0.3 is 5.97 Å². The van der Waals surface area contributed by atoms with Crippen molar-refractivity contribution in [2.24, 2.45) is 0 Å². The molecule has 2 rings (SSSR count). The van der Waals surface area contributed by atoms with Crippen molar-refractivity contribution in [1.82, 2.24) is 4.90 Å². The SMILES string of the molecule is CC(C)N1C(=O)C[C@@H](c2ccc(F)cc2)[C@H]1/C=C/[C@@H](O)C[C@@H](O)CC(=O)O. The normalized spacial score (nSPS) is 22.6. The Morgan fingerprint density at radius 3 is 2.48 bits per heavy atom. The smallest absolute Gasteiger partial charge is 0.305 e. The van der Waals surface area contributed by atoms with Gasteiger partial charge in [-0.05, 0) is 31.5 Å². The van der Waals surface area contributed by atoms with Gasteiger partial charge in [0.25, 0.3) is 0 Å². The number of rotatable bonds is 8. The number of aliphatic hydroxyl groups excluding tert-OH is 2. The van der Waals surface area contributed by atoms with E-state index in [9.17, 15) is 24.2 Å². The third-order valence-corrected chi connectivity index (χ3v) is 4.72. The van der Waals surface area contributed by atoms with Gasteiger partial charge in [-0.3, -0.25) is 9.59 Å². The van der Waals surface area contributed by atoms with Gasteiger partial charge in [-0.1, -0.05) is 24.3 Å². The number of carbonyl (C=O) groups excluding carboxylic acids is 1. The van der Waals surface area contributed by atoms with E-state index in [0.29, 0.717) is 0 Å². The van der Waals surface area contributed by atoms with E-state index in [0.717, 1.165) is 5.56 Å². The van der Waals surface area contributed by atoms with Crippen molar-refractivity contribution in [3.05, 3.63) is 47.8 Å². The molecule has 1 saturated heterocycles. The number of amides is 1. The topological polar surface area (TPSA) is 98.1 Å². The largest absolute Gasteiger partial charge is 0.481 e. The monoisotopic (exact) mass is 379 g/mol.